The van der Waals surface area contributed by atoms with Crippen molar-refractivity contribution in [3.05, 3.63) is 29.8 Å². The van der Waals surface area contributed by atoms with Crippen LogP contribution in [0.1, 0.15) is 19.4 Å². The van der Waals surface area contributed by atoms with Gasteiger partial charge in [0.1, 0.15) is 0 Å². The molecule has 0 unspecified atom stereocenters. The van der Waals surface area contributed by atoms with Gasteiger partial charge in [-0.1, -0.05) is 19.1 Å². The molecule has 1 aromatic carbocycles. The number of hydrogen-bond donors (Lipinski definition) is 0. The molecule has 0 radical (unpaired) electrons. The first-order chi connectivity index (χ1) is 7.60. The second-order valence-electron chi connectivity index (χ2n) is 3.14. The zero-order valence-corrected chi connectivity index (χ0v) is 10.2. The molecule has 0 amide bonds. The van der Waals surface area contributed by atoms with Crippen LogP contribution in [-0.2, 0) is 21.2 Å². The van der Waals surface area contributed by atoms with Crippen molar-refractivity contribution in [3.8, 4) is 0 Å². The van der Waals surface area contributed by atoms with Gasteiger partial charge in [0, 0.05) is 0 Å². The lowest BCUT2D eigenvalue weighted by molar-refractivity contribution is 0.344. The Morgan fingerprint density at radius 3 is 2.38 bits per heavy atom. The molecular weight excluding hydrogens is 226 g/mol. The van der Waals surface area contributed by atoms with Gasteiger partial charge in [-0.25, -0.2) is 0 Å². The molecule has 16 heavy (non-hydrogen) atoms. The van der Waals surface area contributed by atoms with Gasteiger partial charge in [-0.05, 0) is 31.0 Å². The van der Waals surface area contributed by atoms with Crippen molar-refractivity contribution in [2.75, 3.05) is 6.61 Å². The van der Waals surface area contributed by atoms with E-state index in [1.165, 1.54) is 0 Å². The molecule has 0 fully saturated rings. The number of benzene rings is 1. The molecule has 0 aromatic heterocycles. The SMILES string of the molecule is CCO/C=N/S(=O)(=O)c1ccc(CC)cc1. The normalized spacial score (nSPS) is 11.9. The van der Waals surface area contributed by atoms with Crippen molar-refractivity contribution < 1.29 is 13.2 Å². The summed E-state index contributed by atoms with van der Waals surface area (Å²) in [7, 11) is -3.61. The first kappa shape index (κ1) is 12.7. The highest BCUT2D eigenvalue weighted by molar-refractivity contribution is 7.90. The molecule has 0 aliphatic carbocycles. The van der Waals surface area contributed by atoms with Gasteiger partial charge in [0.05, 0.1) is 11.5 Å². The summed E-state index contributed by atoms with van der Waals surface area (Å²) in [6.07, 6.45) is 1.84. The Balaban J connectivity index is 2.90. The number of aryl methyl sites for hydroxylation is 1. The topological polar surface area (TPSA) is 55.7 Å². The van der Waals surface area contributed by atoms with Crippen LogP contribution >= 0.6 is 0 Å². The lowest BCUT2D eigenvalue weighted by Crippen LogP contribution is -1.99. The Morgan fingerprint density at radius 2 is 1.88 bits per heavy atom. The summed E-state index contributed by atoms with van der Waals surface area (Å²) < 4.78 is 31.4. The molecule has 0 aliphatic rings. The molecule has 0 aliphatic heterocycles. The molecule has 0 saturated carbocycles. The third-order valence-electron chi connectivity index (χ3n) is 2.05. The van der Waals surface area contributed by atoms with Crippen molar-refractivity contribution in [3.63, 3.8) is 0 Å². The quantitative estimate of drug-likeness (QED) is 0.585. The smallest absolute Gasteiger partial charge is 0.285 e. The van der Waals surface area contributed by atoms with Gasteiger partial charge in [0.2, 0.25) is 0 Å². The Kier molecular flexibility index (Phi) is 4.49. The standard InChI is InChI=1S/C11H15NO3S/c1-3-10-5-7-11(8-6-10)16(13,14)12-9-15-4-2/h5-9H,3-4H2,1-2H3/b12-9+. The van der Waals surface area contributed by atoms with Crippen molar-refractivity contribution in [1.82, 2.24) is 0 Å². The van der Waals surface area contributed by atoms with E-state index in [1.54, 1.807) is 31.2 Å². The lowest BCUT2D eigenvalue weighted by atomic mass is 10.2. The molecule has 5 heteroatoms. The average molecular weight is 241 g/mol. The number of hydrogen-bond acceptors (Lipinski definition) is 3. The van der Waals surface area contributed by atoms with Crippen LogP contribution in [0.25, 0.3) is 0 Å². The van der Waals surface area contributed by atoms with Crippen LogP contribution in [0.4, 0.5) is 0 Å². The molecule has 1 aromatic rings. The van der Waals surface area contributed by atoms with E-state index in [0.29, 0.717) is 6.61 Å². The predicted molar refractivity (Wildman–Crippen MR) is 63.1 cm³/mol. The maximum Gasteiger partial charge on any atom is 0.285 e. The Morgan fingerprint density at radius 1 is 1.25 bits per heavy atom. The predicted octanol–water partition coefficient (Wildman–Crippen LogP) is 2.00. The molecule has 1 rings (SSSR count). The monoisotopic (exact) mass is 241 g/mol. The average Bonchev–Trinajstić information content (AvgIpc) is 2.29. The van der Waals surface area contributed by atoms with Gasteiger partial charge in [0.25, 0.3) is 10.0 Å². The van der Waals surface area contributed by atoms with Crippen LogP contribution in [-0.4, -0.2) is 21.4 Å². The number of rotatable bonds is 5. The molecular formula is C11H15NO3S. The molecule has 0 heterocycles. The van der Waals surface area contributed by atoms with E-state index < -0.39 is 10.0 Å². The van der Waals surface area contributed by atoms with Gasteiger partial charge in [-0.15, -0.1) is 4.40 Å². The summed E-state index contributed by atoms with van der Waals surface area (Å²) in [5.74, 6) is 0. The van der Waals surface area contributed by atoms with Crippen molar-refractivity contribution in [2.45, 2.75) is 25.2 Å². The molecule has 0 N–H and O–H groups in total. The van der Waals surface area contributed by atoms with E-state index >= 15 is 0 Å². The number of nitrogens with zero attached hydrogens (tertiary/aromatic N) is 1. The minimum absolute atomic E-state index is 0.181. The molecule has 0 spiro atoms. The molecule has 88 valence electrons. The maximum atomic E-state index is 11.6. The molecule has 0 bridgehead atoms. The zero-order chi connectivity index (χ0) is 12.0. The summed E-state index contributed by atoms with van der Waals surface area (Å²) in [6, 6.07) is 6.67. The van der Waals surface area contributed by atoms with Crippen molar-refractivity contribution in [2.24, 2.45) is 4.40 Å². The second kappa shape index (κ2) is 5.65. The number of sulfonamides is 1. The van der Waals surface area contributed by atoms with Gasteiger partial charge in [0.15, 0.2) is 6.40 Å². The maximum absolute atomic E-state index is 11.6. The minimum atomic E-state index is -3.61. The van der Waals surface area contributed by atoms with E-state index in [0.717, 1.165) is 18.4 Å². The van der Waals surface area contributed by atoms with Gasteiger partial charge in [-0.2, -0.15) is 8.42 Å². The third kappa shape index (κ3) is 3.34. The summed E-state index contributed by atoms with van der Waals surface area (Å²) in [5.41, 5.74) is 1.09. The van der Waals surface area contributed by atoms with Crippen LogP contribution in [0, 0.1) is 0 Å². The van der Waals surface area contributed by atoms with Gasteiger partial charge in [-0.3, -0.25) is 0 Å². The van der Waals surface area contributed by atoms with E-state index in [-0.39, 0.29) is 4.90 Å². The zero-order valence-electron chi connectivity index (χ0n) is 9.38. The van der Waals surface area contributed by atoms with Crippen LogP contribution < -0.4 is 0 Å². The molecule has 0 atom stereocenters. The highest BCUT2D eigenvalue weighted by Crippen LogP contribution is 2.13. The fourth-order valence-electron chi connectivity index (χ4n) is 1.12. The summed E-state index contributed by atoms with van der Waals surface area (Å²) in [6.45, 7) is 4.17. The van der Waals surface area contributed by atoms with Crippen LogP contribution in [0.2, 0.25) is 0 Å². The van der Waals surface area contributed by atoms with Crippen molar-refractivity contribution >= 4 is 16.4 Å². The highest BCUT2D eigenvalue weighted by Gasteiger charge is 2.10. The molecule has 4 nitrogen and oxygen atoms in total. The second-order valence-corrected chi connectivity index (χ2v) is 4.77. The highest BCUT2D eigenvalue weighted by atomic mass is 32.2. The first-order valence-corrected chi connectivity index (χ1v) is 6.53. The minimum Gasteiger partial charge on any atom is -0.483 e. The van der Waals surface area contributed by atoms with Crippen LogP contribution in [0.15, 0.2) is 33.6 Å². The largest absolute Gasteiger partial charge is 0.483 e. The Hall–Kier alpha value is -1.36. The Bertz CT molecular complexity index is 449. The third-order valence-corrected chi connectivity index (χ3v) is 3.28. The van der Waals surface area contributed by atoms with E-state index in [1.807, 2.05) is 6.92 Å². The Labute approximate surface area is 96.0 Å². The lowest BCUT2D eigenvalue weighted by Gasteiger charge is -2.00. The first-order valence-electron chi connectivity index (χ1n) is 5.09. The fraction of sp³-hybridized carbons (Fsp3) is 0.364. The van der Waals surface area contributed by atoms with E-state index in [9.17, 15) is 8.42 Å². The van der Waals surface area contributed by atoms with Gasteiger partial charge >= 0.3 is 0 Å². The van der Waals surface area contributed by atoms with Crippen molar-refractivity contribution in [1.29, 1.82) is 0 Å². The van der Waals surface area contributed by atoms with Crippen LogP contribution in [0.5, 0.6) is 0 Å². The summed E-state index contributed by atoms with van der Waals surface area (Å²) in [5, 5.41) is 0. The summed E-state index contributed by atoms with van der Waals surface area (Å²) >= 11 is 0. The summed E-state index contributed by atoms with van der Waals surface area (Å²) in [4.78, 5) is 0.181. The molecule has 0 saturated heterocycles. The fourth-order valence-corrected chi connectivity index (χ4v) is 1.90. The number of ether oxygens (including phenoxy) is 1. The van der Waals surface area contributed by atoms with E-state index in [2.05, 4.69) is 4.40 Å². The van der Waals surface area contributed by atoms with Gasteiger partial charge < -0.3 is 4.74 Å². The van der Waals surface area contributed by atoms with E-state index in [4.69, 9.17) is 4.74 Å². The van der Waals surface area contributed by atoms with Crippen LogP contribution in [0.3, 0.4) is 0 Å².